The molecule has 12 heavy (non-hydrogen) atoms. The first kappa shape index (κ1) is 8.66. The average molecular weight is 167 g/mol. The van der Waals surface area contributed by atoms with Gasteiger partial charge in [0.25, 0.3) is 0 Å². The van der Waals surface area contributed by atoms with Gasteiger partial charge in [-0.15, -0.1) is 0 Å². The first-order valence-corrected chi connectivity index (χ1v) is 3.45. The smallest absolute Gasteiger partial charge is 0.214 e. The van der Waals surface area contributed by atoms with Gasteiger partial charge in [-0.2, -0.15) is 5.26 Å². The summed E-state index contributed by atoms with van der Waals surface area (Å²) in [5, 5.41) is 8.21. The summed E-state index contributed by atoms with van der Waals surface area (Å²) in [6.45, 7) is 1.72. The van der Waals surface area contributed by atoms with Gasteiger partial charge in [-0.3, -0.25) is 0 Å². The van der Waals surface area contributed by atoms with Crippen molar-refractivity contribution in [1.29, 1.82) is 5.26 Å². The quantitative estimate of drug-likeness (QED) is 0.630. The minimum Gasteiger partial charge on any atom is -0.226 e. The summed E-state index contributed by atoms with van der Waals surface area (Å²) in [6, 6.07) is 5.37. The van der Waals surface area contributed by atoms with Crippen LogP contribution in [0.2, 0.25) is 0 Å². The Morgan fingerprint density at radius 3 is 2.75 bits per heavy atom. The lowest BCUT2D eigenvalue weighted by atomic mass is 10.1. The van der Waals surface area contributed by atoms with Crippen LogP contribution in [0.1, 0.15) is 17.3 Å². The van der Waals surface area contributed by atoms with Crippen molar-refractivity contribution in [2.45, 2.75) is 13.1 Å². The lowest BCUT2D eigenvalue weighted by Gasteiger charge is -2.02. The van der Waals surface area contributed by atoms with Crippen LogP contribution in [-0.4, -0.2) is 0 Å². The van der Waals surface area contributed by atoms with Crippen molar-refractivity contribution in [3.05, 3.63) is 35.1 Å². The number of halogens is 2. The average Bonchev–Trinajstić information content (AvgIpc) is 2.08. The Morgan fingerprint density at radius 2 is 2.17 bits per heavy atom. The maximum Gasteiger partial charge on any atom is 0.214 e. The molecule has 62 valence electrons. The van der Waals surface area contributed by atoms with Crippen LogP contribution in [0.15, 0.2) is 18.2 Å². The fraction of sp³-hybridized carbons (Fsp3) is 0.222. The zero-order valence-electron chi connectivity index (χ0n) is 6.51. The van der Waals surface area contributed by atoms with E-state index >= 15 is 0 Å². The number of nitrogens with zero attached hydrogens (tertiary/aromatic N) is 1. The maximum atomic E-state index is 12.8. The lowest BCUT2D eigenvalue weighted by Crippen LogP contribution is -1.93. The Morgan fingerprint density at radius 1 is 1.50 bits per heavy atom. The van der Waals surface area contributed by atoms with E-state index in [-0.39, 0.29) is 5.56 Å². The molecule has 0 spiro atoms. The van der Waals surface area contributed by atoms with E-state index in [0.29, 0.717) is 0 Å². The van der Waals surface area contributed by atoms with Crippen molar-refractivity contribution in [2.75, 3.05) is 0 Å². The van der Waals surface area contributed by atoms with Crippen LogP contribution in [0.4, 0.5) is 8.78 Å². The molecule has 0 N–H and O–H groups in total. The van der Waals surface area contributed by atoms with Gasteiger partial charge in [-0.25, -0.2) is 8.78 Å². The molecule has 1 aromatic carbocycles. The van der Waals surface area contributed by atoms with E-state index < -0.39 is 12.0 Å². The summed E-state index contributed by atoms with van der Waals surface area (Å²) in [5.74, 6) is -0.672. The number of alkyl halides is 1. The zero-order chi connectivity index (χ0) is 9.14. The van der Waals surface area contributed by atoms with Crippen LogP contribution >= 0.6 is 0 Å². The summed E-state index contributed by atoms with van der Waals surface area (Å²) in [6.07, 6.45) is -1.87. The molecule has 1 unspecified atom stereocenters. The van der Waals surface area contributed by atoms with Crippen LogP contribution < -0.4 is 0 Å². The molecule has 0 amide bonds. The van der Waals surface area contributed by atoms with E-state index in [1.54, 1.807) is 6.92 Å². The van der Waals surface area contributed by atoms with E-state index in [0.717, 1.165) is 11.6 Å². The van der Waals surface area contributed by atoms with Gasteiger partial charge in [0.1, 0.15) is 11.9 Å². The second kappa shape index (κ2) is 3.31. The molecule has 1 nitrogen and oxygen atoms in total. The van der Waals surface area contributed by atoms with Crippen molar-refractivity contribution in [3.63, 3.8) is 0 Å². The predicted molar refractivity (Wildman–Crippen MR) is 40.6 cm³/mol. The maximum absolute atomic E-state index is 12.8. The highest BCUT2D eigenvalue weighted by Gasteiger charge is 2.12. The predicted octanol–water partition coefficient (Wildman–Crippen LogP) is 2.67. The third-order valence-electron chi connectivity index (χ3n) is 1.54. The number of hydrogen-bond acceptors (Lipinski definition) is 1. The standard InChI is InChI=1S/C9H7F2N/c1-6-2-3-8(10)7(4-6)9(11)5-12/h2-4,9H,1H3. The van der Waals surface area contributed by atoms with Gasteiger partial charge in [0, 0.05) is 5.56 Å². The summed E-state index contributed by atoms with van der Waals surface area (Å²) in [7, 11) is 0. The molecular weight excluding hydrogens is 160 g/mol. The van der Waals surface area contributed by atoms with E-state index in [1.807, 2.05) is 0 Å². The van der Waals surface area contributed by atoms with Crippen LogP contribution in [0, 0.1) is 24.1 Å². The van der Waals surface area contributed by atoms with Gasteiger partial charge < -0.3 is 0 Å². The monoisotopic (exact) mass is 167 g/mol. The minimum atomic E-state index is -1.87. The SMILES string of the molecule is Cc1ccc(F)c(C(F)C#N)c1. The molecule has 1 atom stereocenters. The van der Waals surface area contributed by atoms with Crippen molar-refractivity contribution >= 4 is 0 Å². The Labute approximate surface area is 69.2 Å². The molecule has 0 aliphatic heterocycles. The van der Waals surface area contributed by atoms with E-state index in [4.69, 9.17) is 5.26 Å². The van der Waals surface area contributed by atoms with Crippen molar-refractivity contribution in [2.24, 2.45) is 0 Å². The molecule has 0 saturated heterocycles. The van der Waals surface area contributed by atoms with Gasteiger partial charge in [-0.05, 0) is 19.1 Å². The molecule has 0 bridgehead atoms. The van der Waals surface area contributed by atoms with Crippen LogP contribution in [0.5, 0.6) is 0 Å². The van der Waals surface area contributed by atoms with Crippen molar-refractivity contribution < 1.29 is 8.78 Å². The Bertz CT molecular complexity index is 328. The number of benzene rings is 1. The molecule has 0 aliphatic rings. The van der Waals surface area contributed by atoms with Crippen molar-refractivity contribution in [3.8, 4) is 6.07 Å². The van der Waals surface area contributed by atoms with Gasteiger partial charge >= 0.3 is 0 Å². The van der Waals surface area contributed by atoms with Gasteiger partial charge in [-0.1, -0.05) is 11.6 Å². The number of aryl methyl sites for hydroxylation is 1. The molecule has 1 aromatic rings. The molecule has 0 aromatic heterocycles. The molecule has 1 rings (SSSR count). The van der Waals surface area contributed by atoms with E-state index in [9.17, 15) is 8.78 Å². The normalized spacial score (nSPS) is 12.2. The Hall–Kier alpha value is -1.43. The molecule has 0 saturated carbocycles. The van der Waals surface area contributed by atoms with Crippen LogP contribution in [-0.2, 0) is 0 Å². The van der Waals surface area contributed by atoms with Crippen LogP contribution in [0.3, 0.4) is 0 Å². The molecule has 3 heteroatoms. The first-order valence-electron chi connectivity index (χ1n) is 3.45. The Kier molecular flexibility index (Phi) is 2.39. The second-order valence-electron chi connectivity index (χ2n) is 2.52. The summed E-state index contributed by atoms with van der Waals surface area (Å²) in [4.78, 5) is 0. The fourth-order valence-electron chi connectivity index (χ4n) is 0.927. The molecule has 0 fully saturated rings. The van der Waals surface area contributed by atoms with Gasteiger partial charge in [0.15, 0.2) is 0 Å². The number of nitriles is 1. The third-order valence-corrected chi connectivity index (χ3v) is 1.54. The van der Waals surface area contributed by atoms with Gasteiger partial charge in [0.05, 0.1) is 0 Å². The van der Waals surface area contributed by atoms with Crippen molar-refractivity contribution in [1.82, 2.24) is 0 Å². The molecule has 0 radical (unpaired) electrons. The van der Waals surface area contributed by atoms with E-state index in [1.165, 1.54) is 18.2 Å². The Balaban J connectivity index is 3.15. The fourth-order valence-corrected chi connectivity index (χ4v) is 0.927. The zero-order valence-corrected chi connectivity index (χ0v) is 6.51. The van der Waals surface area contributed by atoms with Gasteiger partial charge in [0.2, 0.25) is 6.17 Å². The molecule has 0 aliphatic carbocycles. The topological polar surface area (TPSA) is 23.8 Å². The largest absolute Gasteiger partial charge is 0.226 e. The van der Waals surface area contributed by atoms with Crippen LogP contribution in [0.25, 0.3) is 0 Å². The summed E-state index contributed by atoms with van der Waals surface area (Å²) in [5.41, 5.74) is 0.557. The minimum absolute atomic E-state index is 0.183. The number of rotatable bonds is 1. The molecule has 0 heterocycles. The number of hydrogen-bond donors (Lipinski definition) is 0. The lowest BCUT2D eigenvalue weighted by molar-refractivity contribution is 0.407. The summed E-state index contributed by atoms with van der Waals surface area (Å²) >= 11 is 0. The first-order chi connectivity index (χ1) is 5.65. The van der Waals surface area contributed by atoms with E-state index in [2.05, 4.69) is 0 Å². The third kappa shape index (κ3) is 1.59. The highest BCUT2D eigenvalue weighted by atomic mass is 19.1. The highest BCUT2D eigenvalue weighted by Crippen LogP contribution is 2.20. The highest BCUT2D eigenvalue weighted by molar-refractivity contribution is 5.28. The second-order valence-corrected chi connectivity index (χ2v) is 2.52. The summed E-state index contributed by atoms with van der Waals surface area (Å²) < 4.78 is 25.5. The molecular formula is C9H7F2N.